The molecular formula is C29H34N2O6. The molecule has 0 unspecified atom stereocenters. The fourth-order valence-electron chi connectivity index (χ4n) is 4.13. The van der Waals surface area contributed by atoms with Crippen LogP contribution in [0.3, 0.4) is 0 Å². The van der Waals surface area contributed by atoms with Gasteiger partial charge in [0.25, 0.3) is 0 Å². The summed E-state index contributed by atoms with van der Waals surface area (Å²) in [6, 6.07) is 19.1. The minimum atomic E-state index is -0.213. The van der Waals surface area contributed by atoms with Gasteiger partial charge < -0.3 is 28.4 Å². The summed E-state index contributed by atoms with van der Waals surface area (Å²) in [4.78, 5) is 29.9. The Bertz CT molecular complexity index is 1190. The van der Waals surface area contributed by atoms with Crippen LogP contribution < -0.4 is 9.47 Å². The minimum absolute atomic E-state index is 0.0457. The first kappa shape index (κ1) is 26.3. The van der Waals surface area contributed by atoms with E-state index in [-0.39, 0.29) is 44.2 Å². The van der Waals surface area contributed by atoms with Gasteiger partial charge in [-0.05, 0) is 48.2 Å². The molecule has 37 heavy (non-hydrogen) atoms. The van der Waals surface area contributed by atoms with Crippen LogP contribution in [0.4, 0.5) is 0 Å². The first-order valence-electron chi connectivity index (χ1n) is 12.5. The monoisotopic (exact) mass is 506 g/mol. The summed E-state index contributed by atoms with van der Waals surface area (Å²) in [5, 5.41) is 0. The zero-order chi connectivity index (χ0) is 26.2. The normalized spacial score (nSPS) is 12.1. The van der Waals surface area contributed by atoms with Crippen molar-refractivity contribution >= 4 is 11.8 Å². The quantitative estimate of drug-likeness (QED) is 0.359. The van der Waals surface area contributed by atoms with Gasteiger partial charge in [-0.15, -0.1) is 0 Å². The molecule has 0 bridgehead atoms. The van der Waals surface area contributed by atoms with Gasteiger partial charge in [-0.2, -0.15) is 0 Å². The number of fused-ring (bicyclic) bond motifs is 1. The molecule has 2 aromatic carbocycles. The Balaban J connectivity index is 1.44. The second kappa shape index (κ2) is 12.5. The van der Waals surface area contributed by atoms with Gasteiger partial charge in [-0.3, -0.25) is 9.59 Å². The number of hydrogen-bond donors (Lipinski definition) is 0. The first-order valence-corrected chi connectivity index (χ1v) is 12.5. The molecule has 0 N–H and O–H groups in total. The van der Waals surface area contributed by atoms with Crippen molar-refractivity contribution in [1.29, 1.82) is 0 Å². The van der Waals surface area contributed by atoms with Gasteiger partial charge in [0.15, 0.2) is 11.5 Å². The third-order valence-corrected chi connectivity index (χ3v) is 5.91. The summed E-state index contributed by atoms with van der Waals surface area (Å²) in [5.74, 6) is 2.61. The van der Waals surface area contributed by atoms with Crippen LogP contribution in [-0.4, -0.2) is 48.1 Å². The molecule has 1 aliphatic rings. The Labute approximate surface area is 217 Å². The Morgan fingerprint density at radius 2 is 1.68 bits per heavy atom. The highest BCUT2D eigenvalue weighted by Crippen LogP contribution is 2.33. The van der Waals surface area contributed by atoms with Crippen molar-refractivity contribution in [2.45, 2.75) is 40.5 Å². The van der Waals surface area contributed by atoms with E-state index < -0.39 is 0 Å². The number of amides is 2. The predicted octanol–water partition coefficient (Wildman–Crippen LogP) is 4.55. The molecule has 0 saturated heterocycles. The highest BCUT2D eigenvalue weighted by molar-refractivity contribution is 5.85. The Hall–Kier alpha value is -3.78. The van der Waals surface area contributed by atoms with Crippen LogP contribution in [0, 0.1) is 12.8 Å². The number of aryl methyl sites for hydroxylation is 1. The molecule has 0 spiro atoms. The summed E-state index contributed by atoms with van der Waals surface area (Å²) in [5.41, 5.74) is 1.89. The molecule has 2 heterocycles. The van der Waals surface area contributed by atoms with Gasteiger partial charge in [-0.25, -0.2) is 0 Å². The number of carbonyl (C=O) groups excluding carboxylic acids is 2. The molecule has 196 valence electrons. The summed E-state index contributed by atoms with van der Waals surface area (Å²) in [7, 11) is 0. The lowest BCUT2D eigenvalue weighted by molar-refractivity contribution is -0.144. The number of ether oxygens (including phenoxy) is 3. The van der Waals surface area contributed by atoms with Gasteiger partial charge in [0, 0.05) is 13.1 Å². The Kier molecular flexibility index (Phi) is 8.85. The lowest BCUT2D eigenvalue weighted by Gasteiger charge is -2.28. The summed E-state index contributed by atoms with van der Waals surface area (Å²) < 4.78 is 22.3. The average Bonchev–Trinajstić information content (AvgIpc) is 3.51. The zero-order valence-corrected chi connectivity index (χ0v) is 21.6. The lowest BCUT2D eigenvalue weighted by atomic mass is 10.1. The molecule has 3 aromatic rings. The van der Waals surface area contributed by atoms with E-state index >= 15 is 0 Å². The van der Waals surface area contributed by atoms with Crippen LogP contribution in [0.2, 0.25) is 0 Å². The fraction of sp³-hybridized carbons (Fsp3) is 0.379. The third-order valence-electron chi connectivity index (χ3n) is 5.91. The van der Waals surface area contributed by atoms with Crippen LogP contribution in [0.1, 0.15) is 36.5 Å². The van der Waals surface area contributed by atoms with E-state index in [0.29, 0.717) is 37.0 Å². The maximum Gasteiger partial charge on any atom is 0.249 e. The largest absolute Gasteiger partial charge is 0.464 e. The molecule has 1 aromatic heterocycles. The maximum absolute atomic E-state index is 13.6. The highest BCUT2D eigenvalue weighted by Gasteiger charge is 2.24. The van der Waals surface area contributed by atoms with Crippen molar-refractivity contribution in [2.24, 2.45) is 5.92 Å². The molecule has 0 radical (unpaired) electrons. The van der Waals surface area contributed by atoms with Crippen molar-refractivity contribution in [3.63, 3.8) is 0 Å². The van der Waals surface area contributed by atoms with Gasteiger partial charge in [0.1, 0.15) is 18.1 Å². The molecule has 1 aliphatic heterocycles. The molecule has 8 nitrogen and oxygen atoms in total. The van der Waals surface area contributed by atoms with Gasteiger partial charge in [-0.1, -0.05) is 50.2 Å². The highest BCUT2D eigenvalue weighted by atomic mass is 16.7. The molecule has 0 atom stereocenters. The van der Waals surface area contributed by atoms with Crippen molar-refractivity contribution in [3.05, 3.63) is 83.3 Å². The number of furan rings is 1. The lowest BCUT2D eigenvalue weighted by Crippen LogP contribution is -2.45. The van der Waals surface area contributed by atoms with Crippen molar-refractivity contribution in [2.75, 3.05) is 26.5 Å². The SMILES string of the molecule is Cc1ccc(CN(Cc2ccc3c(c2)OCO3)C(=O)CN(CC(C)C)C(=O)COCc2ccccc2)o1. The molecule has 8 heteroatoms. The van der Waals surface area contributed by atoms with Crippen molar-refractivity contribution < 1.29 is 28.2 Å². The number of carbonyl (C=O) groups is 2. The molecule has 2 amide bonds. The van der Waals surface area contributed by atoms with E-state index in [2.05, 4.69) is 0 Å². The molecule has 0 saturated carbocycles. The van der Waals surface area contributed by atoms with Crippen LogP contribution in [-0.2, 0) is 34.0 Å². The maximum atomic E-state index is 13.6. The Morgan fingerprint density at radius 1 is 0.892 bits per heavy atom. The van der Waals surface area contributed by atoms with Crippen LogP contribution in [0.5, 0.6) is 11.5 Å². The van der Waals surface area contributed by atoms with Crippen LogP contribution in [0.15, 0.2) is 65.1 Å². The minimum Gasteiger partial charge on any atom is -0.464 e. The van der Waals surface area contributed by atoms with Gasteiger partial charge in [0.05, 0.1) is 19.7 Å². The van der Waals surface area contributed by atoms with Gasteiger partial charge in [0.2, 0.25) is 18.6 Å². The van der Waals surface area contributed by atoms with Crippen molar-refractivity contribution in [1.82, 2.24) is 9.80 Å². The summed E-state index contributed by atoms with van der Waals surface area (Å²) >= 11 is 0. The molecule has 0 fully saturated rings. The Morgan fingerprint density at radius 3 is 2.41 bits per heavy atom. The fourth-order valence-corrected chi connectivity index (χ4v) is 4.13. The molecular weight excluding hydrogens is 472 g/mol. The predicted molar refractivity (Wildman–Crippen MR) is 138 cm³/mol. The van der Waals surface area contributed by atoms with E-state index in [1.807, 2.05) is 81.4 Å². The molecule has 0 aliphatic carbocycles. The van der Waals surface area contributed by atoms with E-state index in [4.69, 9.17) is 18.6 Å². The van der Waals surface area contributed by atoms with Crippen LogP contribution in [0.25, 0.3) is 0 Å². The molecule has 4 rings (SSSR count). The number of rotatable bonds is 12. The number of nitrogens with zero attached hydrogens (tertiary/aromatic N) is 2. The number of benzene rings is 2. The third kappa shape index (κ3) is 7.60. The van der Waals surface area contributed by atoms with E-state index in [9.17, 15) is 9.59 Å². The van der Waals surface area contributed by atoms with E-state index in [1.165, 1.54) is 0 Å². The second-order valence-corrected chi connectivity index (χ2v) is 9.60. The standard InChI is InChI=1S/C29H34N2O6/c1-21(2)14-30(29(33)19-34-18-23-7-5-4-6-8-23)17-28(32)31(16-25-11-9-22(3)37-25)15-24-10-12-26-27(13-24)36-20-35-26/h4-13,21H,14-20H2,1-3H3. The summed E-state index contributed by atoms with van der Waals surface area (Å²) in [6.45, 7) is 7.37. The topological polar surface area (TPSA) is 81.5 Å². The second-order valence-electron chi connectivity index (χ2n) is 9.60. The zero-order valence-electron chi connectivity index (χ0n) is 21.6. The first-order chi connectivity index (χ1) is 17.9. The van der Waals surface area contributed by atoms with Crippen molar-refractivity contribution in [3.8, 4) is 11.5 Å². The van der Waals surface area contributed by atoms with Gasteiger partial charge >= 0.3 is 0 Å². The number of hydrogen-bond acceptors (Lipinski definition) is 6. The van der Waals surface area contributed by atoms with E-state index in [1.54, 1.807) is 9.80 Å². The average molecular weight is 507 g/mol. The smallest absolute Gasteiger partial charge is 0.249 e. The van der Waals surface area contributed by atoms with Crippen LogP contribution >= 0.6 is 0 Å². The van der Waals surface area contributed by atoms with E-state index in [0.717, 1.165) is 16.9 Å². The summed E-state index contributed by atoms with van der Waals surface area (Å²) in [6.07, 6.45) is 0.